The Hall–Kier alpha value is -0.250. The lowest BCUT2D eigenvalue weighted by molar-refractivity contribution is -0.0564. The molecule has 6 unspecified atom stereocenters. The molecule has 4 heteroatoms. The summed E-state index contributed by atoms with van der Waals surface area (Å²) in [7, 11) is 0. The fraction of sp³-hybridized carbons (Fsp3) is 1.00. The number of unbranched alkanes of at least 4 members (excludes halogenated alkanes) is 1. The van der Waals surface area contributed by atoms with Crippen molar-refractivity contribution in [2.24, 2.45) is 23.7 Å². The molecule has 3 aliphatic carbocycles. The van der Waals surface area contributed by atoms with E-state index in [0.717, 1.165) is 51.4 Å². The van der Waals surface area contributed by atoms with Gasteiger partial charge in [-0.05, 0) is 94.3 Å². The smallest absolute Gasteiger partial charge is 0.126 e. The second-order valence-electron chi connectivity index (χ2n) is 9.12. The maximum Gasteiger partial charge on any atom is 0.126 e. The zero-order valence-electron chi connectivity index (χ0n) is 16.4. The van der Waals surface area contributed by atoms with E-state index in [1.807, 2.05) is 0 Å². The van der Waals surface area contributed by atoms with E-state index in [1.54, 1.807) is 0 Å². The Morgan fingerprint density at radius 3 is 2.04 bits per heavy atom. The van der Waals surface area contributed by atoms with Crippen molar-refractivity contribution in [3.8, 4) is 0 Å². The number of alkyl halides is 3. The topological polar surface area (TPSA) is 9.23 Å². The van der Waals surface area contributed by atoms with E-state index in [9.17, 15) is 13.2 Å². The Morgan fingerprint density at radius 1 is 0.731 bits per heavy atom. The predicted molar refractivity (Wildman–Crippen MR) is 99.5 cm³/mol. The predicted octanol–water partition coefficient (Wildman–Crippen LogP) is 6.59. The Balaban J connectivity index is 1.45. The standard InChI is InChI=1S/C22H37F3O/c1-2-3-12-26-22-11-7-17(14-21(22)25)19-10-6-16(13-20(19)24)15-4-8-18(23)9-5-15/h15-22H,2-14H2,1H3. The molecule has 3 saturated carbocycles. The minimum Gasteiger partial charge on any atom is -0.375 e. The monoisotopic (exact) mass is 374 g/mol. The molecule has 0 aromatic heterocycles. The van der Waals surface area contributed by atoms with Gasteiger partial charge in [-0.25, -0.2) is 13.2 Å². The molecule has 0 spiro atoms. The van der Waals surface area contributed by atoms with Gasteiger partial charge in [0.05, 0.1) is 6.10 Å². The molecule has 3 rings (SSSR count). The minimum atomic E-state index is -0.935. The van der Waals surface area contributed by atoms with E-state index in [4.69, 9.17) is 4.74 Å². The zero-order valence-corrected chi connectivity index (χ0v) is 16.4. The Kier molecular flexibility index (Phi) is 7.72. The van der Waals surface area contributed by atoms with Gasteiger partial charge < -0.3 is 4.74 Å². The molecule has 6 atom stereocenters. The van der Waals surface area contributed by atoms with Gasteiger partial charge in [0, 0.05) is 6.61 Å². The summed E-state index contributed by atoms with van der Waals surface area (Å²) in [4.78, 5) is 0. The number of halogens is 3. The van der Waals surface area contributed by atoms with Gasteiger partial charge in [-0.2, -0.15) is 0 Å². The van der Waals surface area contributed by atoms with Gasteiger partial charge in [-0.3, -0.25) is 0 Å². The average Bonchev–Trinajstić information content (AvgIpc) is 2.64. The van der Waals surface area contributed by atoms with Gasteiger partial charge in [0.1, 0.15) is 18.5 Å². The molecule has 0 N–H and O–H groups in total. The van der Waals surface area contributed by atoms with Gasteiger partial charge in [0.25, 0.3) is 0 Å². The maximum atomic E-state index is 15.0. The van der Waals surface area contributed by atoms with Gasteiger partial charge in [-0.1, -0.05) is 13.3 Å². The quantitative estimate of drug-likeness (QED) is 0.476. The molecule has 0 radical (unpaired) electrons. The van der Waals surface area contributed by atoms with Crippen molar-refractivity contribution in [3.05, 3.63) is 0 Å². The molecule has 0 bridgehead atoms. The number of ether oxygens (including phenoxy) is 1. The summed E-state index contributed by atoms with van der Waals surface area (Å²) in [5.41, 5.74) is 0. The van der Waals surface area contributed by atoms with Crippen molar-refractivity contribution in [3.63, 3.8) is 0 Å². The van der Waals surface area contributed by atoms with Crippen molar-refractivity contribution in [1.29, 1.82) is 0 Å². The maximum absolute atomic E-state index is 15.0. The first-order valence-electron chi connectivity index (χ1n) is 11.1. The van der Waals surface area contributed by atoms with Gasteiger partial charge in [-0.15, -0.1) is 0 Å². The van der Waals surface area contributed by atoms with E-state index < -0.39 is 18.5 Å². The number of rotatable bonds is 6. The molecule has 26 heavy (non-hydrogen) atoms. The van der Waals surface area contributed by atoms with Crippen LogP contribution in [0.1, 0.15) is 84.0 Å². The van der Waals surface area contributed by atoms with E-state index in [1.165, 1.54) is 0 Å². The van der Waals surface area contributed by atoms with Crippen LogP contribution in [-0.4, -0.2) is 31.2 Å². The first-order chi connectivity index (χ1) is 12.6. The molecular formula is C22H37F3O. The molecule has 1 nitrogen and oxygen atoms in total. The Labute approximate surface area is 157 Å². The van der Waals surface area contributed by atoms with Crippen LogP contribution in [0.2, 0.25) is 0 Å². The van der Waals surface area contributed by atoms with Gasteiger partial charge >= 0.3 is 0 Å². The minimum absolute atomic E-state index is 0.0265. The fourth-order valence-electron chi connectivity index (χ4n) is 5.75. The highest BCUT2D eigenvalue weighted by molar-refractivity contribution is 4.92. The third kappa shape index (κ3) is 5.17. The highest BCUT2D eigenvalue weighted by Crippen LogP contribution is 2.46. The lowest BCUT2D eigenvalue weighted by atomic mass is 9.65. The van der Waals surface area contributed by atoms with E-state index in [0.29, 0.717) is 44.1 Å². The highest BCUT2D eigenvalue weighted by atomic mass is 19.1. The summed E-state index contributed by atoms with van der Waals surface area (Å²) in [6, 6.07) is 0. The average molecular weight is 375 g/mol. The summed E-state index contributed by atoms with van der Waals surface area (Å²) in [5.74, 6) is 1.13. The summed E-state index contributed by atoms with van der Waals surface area (Å²) in [6.45, 7) is 2.75. The molecule has 152 valence electrons. The molecular weight excluding hydrogens is 337 g/mol. The zero-order chi connectivity index (χ0) is 18.5. The van der Waals surface area contributed by atoms with Crippen molar-refractivity contribution >= 4 is 0 Å². The van der Waals surface area contributed by atoms with Crippen molar-refractivity contribution < 1.29 is 17.9 Å². The van der Waals surface area contributed by atoms with E-state index in [-0.39, 0.29) is 17.9 Å². The molecule has 0 aromatic carbocycles. The van der Waals surface area contributed by atoms with Crippen molar-refractivity contribution in [1.82, 2.24) is 0 Å². The summed E-state index contributed by atoms with van der Waals surface area (Å²) < 4.78 is 48.5. The van der Waals surface area contributed by atoms with Crippen LogP contribution in [-0.2, 0) is 4.74 Å². The summed E-state index contributed by atoms with van der Waals surface area (Å²) >= 11 is 0. The van der Waals surface area contributed by atoms with Crippen molar-refractivity contribution in [2.45, 2.75) is 109 Å². The lowest BCUT2D eigenvalue weighted by Crippen LogP contribution is -2.41. The second kappa shape index (κ2) is 9.80. The normalized spacial score (nSPS) is 44.8. The molecule has 0 heterocycles. The molecule has 0 amide bonds. The van der Waals surface area contributed by atoms with E-state index >= 15 is 0 Å². The van der Waals surface area contributed by atoms with Crippen molar-refractivity contribution in [2.75, 3.05) is 6.61 Å². The van der Waals surface area contributed by atoms with E-state index in [2.05, 4.69) is 6.92 Å². The molecule has 3 aliphatic rings. The van der Waals surface area contributed by atoms with Crippen LogP contribution in [0.25, 0.3) is 0 Å². The third-order valence-corrected chi connectivity index (χ3v) is 7.42. The highest BCUT2D eigenvalue weighted by Gasteiger charge is 2.42. The third-order valence-electron chi connectivity index (χ3n) is 7.42. The molecule has 0 aromatic rings. The molecule has 3 fully saturated rings. The van der Waals surface area contributed by atoms with Crippen LogP contribution in [0, 0.1) is 23.7 Å². The first kappa shape index (κ1) is 20.5. The van der Waals surface area contributed by atoms with Gasteiger partial charge in [0.15, 0.2) is 0 Å². The SMILES string of the molecule is CCCCOC1CCC(C2CCC(C3CCC(F)CC3)CC2F)CC1F. The van der Waals surface area contributed by atoms with Crippen LogP contribution in [0.4, 0.5) is 13.2 Å². The number of hydrogen-bond acceptors (Lipinski definition) is 1. The van der Waals surface area contributed by atoms with Crippen LogP contribution < -0.4 is 0 Å². The van der Waals surface area contributed by atoms with Crippen LogP contribution >= 0.6 is 0 Å². The van der Waals surface area contributed by atoms with Gasteiger partial charge in [0.2, 0.25) is 0 Å². The lowest BCUT2D eigenvalue weighted by Gasteiger charge is -2.43. The molecule has 0 saturated heterocycles. The summed E-state index contributed by atoms with van der Waals surface area (Å²) in [6.07, 6.45) is 7.24. The van der Waals surface area contributed by atoms with Crippen LogP contribution in [0.15, 0.2) is 0 Å². The second-order valence-corrected chi connectivity index (χ2v) is 9.12. The Bertz CT molecular complexity index is 410. The largest absolute Gasteiger partial charge is 0.375 e. The Morgan fingerprint density at radius 2 is 1.38 bits per heavy atom. The van der Waals surface area contributed by atoms with Crippen LogP contribution in [0.5, 0.6) is 0 Å². The first-order valence-corrected chi connectivity index (χ1v) is 11.1. The molecule has 0 aliphatic heterocycles. The summed E-state index contributed by atoms with van der Waals surface area (Å²) in [5, 5.41) is 0. The van der Waals surface area contributed by atoms with Crippen LogP contribution in [0.3, 0.4) is 0 Å². The number of hydrogen-bond donors (Lipinski definition) is 0. The fourth-order valence-corrected chi connectivity index (χ4v) is 5.75.